The fourth-order valence-corrected chi connectivity index (χ4v) is 4.10. The van der Waals surface area contributed by atoms with E-state index in [1.54, 1.807) is 22.2 Å². The molecule has 22 heavy (non-hydrogen) atoms. The van der Waals surface area contributed by atoms with Crippen molar-refractivity contribution in [2.45, 2.75) is 45.6 Å². The lowest BCUT2D eigenvalue weighted by molar-refractivity contribution is 0.0929. The van der Waals surface area contributed by atoms with Gasteiger partial charge in [0.15, 0.2) is 5.65 Å². The molecular formula is C15H17N5OS. The molecule has 1 amide bonds. The molecule has 0 aromatic carbocycles. The van der Waals surface area contributed by atoms with Crippen LogP contribution >= 0.6 is 11.3 Å². The third kappa shape index (κ3) is 1.99. The Morgan fingerprint density at radius 3 is 3.18 bits per heavy atom. The van der Waals surface area contributed by atoms with Gasteiger partial charge >= 0.3 is 0 Å². The van der Waals surface area contributed by atoms with Crippen LogP contribution in [0.1, 0.15) is 47.7 Å². The first-order valence-electron chi connectivity index (χ1n) is 7.64. The summed E-state index contributed by atoms with van der Waals surface area (Å²) in [4.78, 5) is 23.6. The first-order chi connectivity index (χ1) is 10.7. The number of nitrogens with one attached hydrogen (secondary N) is 1. The molecule has 0 saturated heterocycles. The summed E-state index contributed by atoms with van der Waals surface area (Å²) in [5.74, 6) is -0.00868. The Balaban J connectivity index is 1.83. The number of hydrogen-bond donors (Lipinski definition) is 1. The van der Waals surface area contributed by atoms with Gasteiger partial charge in [-0.2, -0.15) is 0 Å². The van der Waals surface area contributed by atoms with E-state index in [-0.39, 0.29) is 17.8 Å². The van der Waals surface area contributed by atoms with Crippen molar-refractivity contribution >= 4 is 33.1 Å². The number of aromatic nitrogens is 4. The van der Waals surface area contributed by atoms with Crippen molar-refractivity contribution in [1.29, 1.82) is 0 Å². The highest BCUT2D eigenvalue weighted by atomic mass is 32.1. The van der Waals surface area contributed by atoms with Gasteiger partial charge in [-0.25, -0.2) is 14.5 Å². The van der Waals surface area contributed by atoms with Gasteiger partial charge in [0, 0.05) is 10.9 Å². The zero-order valence-corrected chi connectivity index (χ0v) is 13.4. The lowest BCUT2D eigenvalue weighted by Gasteiger charge is -2.08. The first kappa shape index (κ1) is 13.6. The van der Waals surface area contributed by atoms with Crippen LogP contribution in [0.5, 0.6) is 0 Å². The molecule has 3 aromatic heterocycles. The van der Waals surface area contributed by atoms with Gasteiger partial charge in [0.1, 0.15) is 11.2 Å². The highest BCUT2D eigenvalue weighted by Gasteiger charge is 2.23. The molecule has 3 aromatic rings. The average Bonchev–Trinajstić information content (AvgIpc) is 3.18. The van der Waals surface area contributed by atoms with Crippen LogP contribution in [-0.4, -0.2) is 31.5 Å². The van der Waals surface area contributed by atoms with E-state index in [0.717, 1.165) is 35.1 Å². The number of thiophene rings is 1. The van der Waals surface area contributed by atoms with Gasteiger partial charge in [0.05, 0.1) is 5.39 Å². The third-order valence-corrected chi connectivity index (χ3v) is 5.43. The summed E-state index contributed by atoms with van der Waals surface area (Å²) in [6.07, 6.45) is 5.91. The Hall–Kier alpha value is -2.02. The van der Waals surface area contributed by atoms with Crippen LogP contribution in [0, 0.1) is 0 Å². The summed E-state index contributed by atoms with van der Waals surface area (Å²) in [5.41, 5.74) is 2.10. The highest BCUT2D eigenvalue weighted by molar-refractivity contribution is 7.19. The summed E-state index contributed by atoms with van der Waals surface area (Å²) < 4.78 is 1.62. The maximum atomic E-state index is 12.2. The molecule has 0 bridgehead atoms. The minimum Gasteiger partial charge on any atom is -0.347 e. The fraction of sp³-hybridized carbons (Fsp3) is 0.467. The normalized spacial score (nSPS) is 15.4. The fourth-order valence-electron chi connectivity index (χ4n) is 2.88. The van der Waals surface area contributed by atoms with E-state index in [2.05, 4.69) is 20.4 Å². The Bertz CT molecular complexity index is 881. The van der Waals surface area contributed by atoms with E-state index in [1.165, 1.54) is 16.9 Å². The predicted octanol–water partition coefficient (Wildman–Crippen LogP) is 2.36. The number of aryl methyl sites for hydroxylation is 2. The molecule has 1 aliphatic rings. The van der Waals surface area contributed by atoms with Crippen molar-refractivity contribution in [1.82, 2.24) is 24.9 Å². The smallest absolute Gasteiger partial charge is 0.291 e. The van der Waals surface area contributed by atoms with E-state index in [9.17, 15) is 4.79 Å². The third-order valence-electron chi connectivity index (χ3n) is 4.23. The van der Waals surface area contributed by atoms with Crippen LogP contribution in [0.3, 0.4) is 0 Å². The predicted molar refractivity (Wildman–Crippen MR) is 85.4 cm³/mol. The molecule has 7 heteroatoms. The second-order valence-corrected chi connectivity index (χ2v) is 6.85. The number of amides is 1. The summed E-state index contributed by atoms with van der Waals surface area (Å²) in [6, 6.07) is 0.114. The number of hydrogen-bond acceptors (Lipinski definition) is 5. The summed E-state index contributed by atoms with van der Waals surface area (Å²) in [7, 11) is 0. The van der Waals surface area contributed by atoms with Gasteiger partial charge in [0.2, 0.25) is 5.82 Å². The number of carbonyl (C=O) groups excluding carboxylic acids is 1. The zero-order chi connectivity index (χ0) is 15.3. The van der Waals surface area contributed by atoms with Crippen LogP contribution in [0.2, 0.25) is 0 Å². The van der Waals surface area contributed by atoms with Gasteiger partial charge in [-0.3, -0.25) is 4.79 Å². The van der Waals surface area contributed by atoms with E-state index >= 15 is 0 Å². The van der Waals surface area contributed by atoms with E-state index in [0.29, 0.717) is 0 Å². The topological polar surface area (TPSA) is 72.2 Å². The lowest BCUT2D eigenvalue weighted by atomic mass is 10.2. The Morgan fingerprint density at radius 2 is 2.36 bits per heavy atom. The average molecular weight is 315 g/mol. The molecule has 0 aliphatic heterocycles. The quantitative estimate of drug-likeness (QED) is 0.805. The zero-order valence-electron chi connectivity index (χ0n) is 12.6. The van der Waals surface area contributed by atoms with E-state index < -0.39 is 0 Å². The van der Waals surface area contributed by atoms with Crippen LogP contribution < -0.4 is 5.32 Å². The number of carbonyl (C=O) groups is 1. The van der Waals surface area contributed by atoms with Crippen molar-refractivity contribution < 1.29 is 4.79 Å². The number of nitrogens with zero attached hydrogens (tertiary/aromatic N) is 4. The number of rotatable bonds is 3. The highest BCUT2D eigenvalue weighted by Crippen LogP contribution is 2.37. The van der Waals surface area contributed by atoms with Crippen LogP contribution in [-0.2, 0) is 12.8 Å². The Labute approximate surface area is 131 Å². The molecule has 6 nitrogen and oxygen atoms in total. The standard InChI is InChI=1S/C15H17N5OS/c1-3-8(2)17-14(21)12-18-13-11-9-5-4-6-10(9)22-15(11)16-7-20(13)19-12/h7-8H,3-6H2,1-2H3,(H,17,21)/t8-/m0/s1. The van der Waals surface area contributed by atoms with Gasteiger partial charge in [-0.1, -0.05) is 6.92 Å². The van der Waals surface area contributed by atoms with E-state index in [1.807, 2.05) is 13.8 Å². The second-order valence-electron chi connectivity index (χ2n) is 5.77. The molecule has 114 valence electrons. The minimum absolute atomic E-state index is 0.114. The van der Waals surface area contributed by atoms with Crippen molar-refractivity contribution in [3.8, 4) is 0 Å². The molecular weight excluding hydrogens is 298 g/mol. The SMILES string of the molecule is CC[C@H](C)NC(=O)c1nc2c3c4c(sc3ncn2n1)CCC4. The molecule has 1 N–H and O–H groups in total. The van der Waals surface area contributed by atoms with Gasteiger partial charge in [-0.15, -0.1) is 16.4 Å². The molecule has 0 saturated carbocycles. The Morgan fingerprint density at radius 1 is 1.50 bits per heavy atom. The number of fused-ring (bicyclic) bond motifs is 5. The van der Waals surface area contributed by atoms with Gasteiger partial charge in [-0.05, 0) is 38.2 Å². The van der Waals surface area contributed by atoms with Crippen LogP contribution in [0.4, 0.5) is 0 Å². The van der Waals surface area contributed by atoms with E-state index in [4.69, 9.17) is 0 Å². The molecule has 1 aliphatic carbocycles. The first-order valence-corrected chi connectivity index (χ1v) is 8.45. The monoisotopic (exact) mass is 315 g/mol. The summed E-state index contributed by atoms with van der Waals surface area (Å²) in [5, 5.41) is 8.28. The van der Waals surface area contributed by atoms with Gasteiger partial charge < -0.3 is 5.32 Å². The molecule has 0 radical (unpaired) electrons. The molecule has 0 fully saturated rings. The van der Waals surface area contributed by atoms with Crippen molar-refractivity contribution in [3.63, 3.8) is 0 Å². The van der Waals surface area contributed by atoms with Crippen molar-refractivity contribution in [2.24, 2.45) is 0 Å². The lowest BCUT2D eigenvalue weighted by Crippen LogP contribution is -2.32. The molecule has 4 rings (SSSR count). The largest absolute Gasteiger partial charge is 0.347 e. The molecule has 0 spiro atoms. The molecule has 1 atom stereocenters. The van der Waals surface area contributed by atoms with Crippen LogP contribution in [0.15, 0.2) is 6.33 Å². The van der Waals surface area contributed by atoms with Gasteiger partial charge in [0.25, 0.3) is 5.91 Å². The molecule has 3 heterocycles. The summed E-state index contributed by atoms with van der Waals surface area (Å²) in [6.45, 7) is 4.00. The van der Waals surface area contributed by atoms with Crippen LogP contribution in [0.25, 0.3) is 15.9 Å². The summed E-state index contributed by atoms with van der Waals surface area (Å²) >= 11 is 1.74. The minimum atomic E-state index is -0.224. The Kier molecular flexibility index (Phi) is 3.11. The maximum Gasteiger partial charge on any atom is 0.291 e. The second kappa shape index (κ2) is 5.01. The molecule has 0 unspecified atom stereocenters. The maximum absolute atomic E-state index is 12.2. The van der Waals surface area contributed by atoms with Crippen molar-refractivity contribution in [2.75, 3.05) is 0 Å². The van der Waals surface area contributed by atoms with Crippen molar-refractivity contribution in [3.05, 3.63) is 22.6 Å².